The van der Waals surface area contributed by atoms with Crippen molar-refractivity contribution in [3.8, 4) is 0 Å². The Labute approximate surface area is 85.5 Å². The van der Waals surface area contributed by atoms with Crippen LogP contribution in [0.4, 0.5) is 14.5 Å². The molecule has 0 fully saturated rings. The second-order valence-corrected chi connectivity index (χ2v) is 3.52. The minimum atomic E-state index is -2.54. The monoisotopic (exact) mass is 211 g/mol. The SMILES string of the molecule is Cc1nn(C)c2c(C(F)F)cc(N)cc12. The molecule has 2 rings (SSSR count). The van der Waals surface area contributed by atoms with E-state index in [1.807, 2.05) is 0 Å². The van der Waals surface area contributed by atoms with Crippen molar-refractivity contribution in [2.45, 2.75) is 13.3 Å². The third-order valence-electron chi connectivity index (χ3n) is 2.41. The molecule has 0 radical (unpaired) electrons. The van der Waals surface area contributed by atoms with E-state index in [0.717, 1.165) is 0 Å². The maximum atomic E-state index is 12.8. The second-order valence-electron chi connectivity index (χ2n) is 3.52. The summed E-state index contributed by atoms with van der Waals surface area (Å²) in [5.41, 5.74) is 7.02. The summed E-state index contributed by atoms with van der Waals surface area (Å²) in [6.07, 6.45) is -2.54. The Bertz CT molecular complexity index is 517. The van der Waals surface area contributed by atoms with Gasteiger partial charge in [-0.15, -0.1) is 0 Å². The minimum Gasteiger partial charge on any atom is -0.399 e. The van der Waals surface area contributed by atoms with E-state index in [0.29, 0.717) is 22.3 Å². The van der Waals surface area contributed by atoms with Gasteiger partial charge in [-0.25, -0.2) is 8.78 Å². The summed E-state index contributed by atoms with van der Waals surface area (Å²) in [6.45, 7) is 1.77. The summed E-state index contributed by atoms with van der Waals surface area (Å²) in [7, 11) is 1.65. The molecule has 2 aromatic rings. The van der Waals surface area contributed by atoms with Crippen molar-refractivity contribution in [1.29, 1.82) is 0 Å². The standard InChI is InChI=1S/C10H11F2N3/c1-5-7-3-6(13)4-8(10(11)12)9(7)15(2)14-5/h3-4,10H,13H2,1-2H3. The maximum Gasteiger partial charge on any atom is 0.266 e. The smallest absolute Gasteiger partial charge is 0.266 e. The molecule has 0 spiro atoms. The molecule has 5 heteroatoms. The Balaban J connectivity index is 2.89. The predicted molar refractivity (Wildman–Crippen MR) is 54.8 cm³/mol. The van der Waals surface area contributed by atoms with Gasteiger partial charge in [0, 0.05) is 23.7 Å². The molecule has 0 amide bonds. The largest absolute Gasteiger partial charge is 0.399 e. The number of rotatable bonds is 1. The van der Waals surface area contributed by atoms with Gasteiger partial charge in [0.05, 0.1) is 11.2 Å². The highest BCUT2D eigenvalue weighted by Gasteiger charge is 2.17. The highest BCUT2D eigenvalue weighted by atomic mass is 19.3. The predicted octanol–water partition coefficient (Wildman–Crippen LogP) is 2.40. The van der Waals surface area contributed by atoms with E-state index in [-0.39, 0.29) is 5.56 Å². The Kier molecular flexibility index (Phi) is 2.10. The molecule has 0 aliphatic carbocycles. The van der Waals surface area contributed by atoms with Gasteiger partial charge in [-0.2, -0.15) is 5.10 Å². The molecule has 2 N–H and O–H groups in total. The molecule has 0 bridgehead atoms. The molecule has 15 heavy (non-hydrogen) atoms. The molecule has 0 unspecified atom stereocenters. The van der Waals surface area contributed by atoms with Gasteiger partial charge < -0.3 is 5.73 Å². The summed E-state index contributed by atoms with van der Waals surface area (Å²) in [4.78, 5) is 0. The number of halogens is 2. The van der Waals surface area contributed by atoms with E-state index >= 15 is 0 Å². The van der Waals surface area contributed by atoms with Crippen LogP contribution in [0.5, 0.6) is 0 Å². The van der Waals surface area contributed by atoms with Gasteiger partial charge >= 0.3 is 0 Å². The quantitative estimate of drug-likeness (QED) is 0.736. The van der Waals surface area contributed by atoms with Gasteiger partial charge in [-0.05, 0) is 19.1 Å². The Hall–Kier alpha value is -1.65. The molecule has 0 aliphatic rings. The van der Waals surface area contributed by atoms with Crippen LogP contribution in [0, 0.1) is 6.92 Å². The second kappa shape index (κ2) is 3.18. The van der Waals surface area contributed by atoms with Crippen molar-refractivity contribution in [3.63, 3.8) is 0 Å². The Morgan fingerprint density at radius 3 is 2.67 bits per heavy atom. The van der Waals surface area contributed by atoms with E-state index in [1.165, 1.54) is 10.7 Å². The van der Waals surface area contributed by atoms with Crippen LogP contribution >= 0.6 is 0 Å². The lowest BCUT2D eigenvalue weighted by molar-refractivity contribution is 0.152. The summed E-state index contributed by atoms with van der Waals surface area (Å²) in [6, 6.07) is 2.97. The first-order valence-corrected chi connectivity index (χ1v) is 4.51. The van der Waals surface area contributed by atoms with Crippen LogP contribution in [0.1, 0.15) is 17.7 Å². The van der Waals surface area contributed by atoms with Gasteiger partial charge in [0.25, 0.3) is 6.43 Å². The third kappa shape index (κ3) is 1.44. The molecule has 0 saturated heterocycles. The maximum absolute atomic E-state index is 12.8. The number of anilines is 1. The number of nitrogens with zero attached hydrogens (tertiary/aromatic N) is 2. The molecule has 1 heterocycles. The first kappa shape index (κ1) is 9.89. The summed E-state index contributed by atoms with van der Waals surface area (Å²) in [5, 5.41) is 4.79. The zero-order valence-corrected chi connectivity index (χ0v) is 8.46. The van der Waals surface area contributed by atoms with Gasteiger partial charge in [0.1, 0.15) is 0 Å². The average molecular weight is 211 g/mol. The van der Waals surface area contributed by atoms with E-state index in [2.05, 4.69) is 5.10 Å². The molecule has 1 aromatic heterocycles. The zero-order chi connectivity index (χ0) is 11.2. The number of benzene rings is 1. The fraction of sp³-hybridized carbons (Fsp3) is 0.300. The Morgan fingerprint density at radius 2 is 2.07 bits per heavy atom. The van der Waals surface area contributed by atoms with Gasteiger partial charge in [-0.1, -0.05) is 0 Å². The molecule has 80 valence electrons. The van der Waals surface area contributed by atoms with Crippen LogP contribution in [-0.4, -0.2) is 9.78 Å². The lowest BCUT2D eigenvalue weighted by atomic mass is 10.1. The number of fused-ring (bicyclic) bond motifs is 1. The van der Waals surface area contributed by atoms with Crippen LogP contribution in [0.25, 0.3) is 10.9 Å². The zero-order valence-electron chi connectivity index (χ0n) is 8.46. The molecular formula is C10H11F2N3. The fourth-order valence-corrected chi connectivity index (χ4v) is 1.81. The molecule has 0 saturated carbocycles. The molecular weight excluding hydrogens is 200 g/mol. The molecule has 0 aliphatic heterocycles. The number of aryl methyl sites for hydroxylation is 2. The van der Waals surface area contributed by atoms with Gasteiger partial charge in [0.15, 0.2) is 0 Å². The first-order valence-electron chi connectivity index (χ1n) is 4.51. The van der Waals surface area contributed by atoms with Crippen LogP contribution in [-0.2, 0) is 7.05 Å². The highest BCUT2D eigenvalue weighted by Crippen LogP contribution is 2.31. The van der Waals surface area contributed by atoms with Crippen LogP contribution in [0.3, 0.4) is 0 Å². The summed E-state index contributed by atoms with van der Waals surface area (Å²) < 4.78 is 27.0. The molecule has 0 atom stereocenters. The third-order valence-corrected chi connectivity index (χ3v) is 2.41. The first-order chi connectivity index (χ1) is 7.00. The summed E-state index contributed by atoms with van der Waals surface area (Å²) in [5.74, 6) is 0. The number of nitrogen functional groups attached to an aromatic ring is 1. The van der Waals surface area contributed by atoms with E-state index in [9.17, 15) is 8.78 Å². The van der Waals surface area contributed by atoms with Gasteiger partial charge in [0.2, 0.25) is 0 Å². The lowest BCUT2D eigenvalue weighted by Crippen LogP contribution is -1.96. The number of nitrogens with two attached hydrogens (primary N) is 1. The topological polar surface area (TPSA) is 43.8 Å². The van der Waals surface area contributed by atoms with E-state index < -0.39 is 6.43 Å². The van der Waals surface area contributed by atoms with Crippen molar-refractivity contribution >= 4 is 16.6 Å². The van der Waals surface area contributed by atoms with Crippen molar-refractivity contribution in [2.24, 2.45) is 7.05 Å². The van der Waals surface area contributed by atoms with Crippen LogP contribution in [0.15, 0.2) is 12.1 Å². The summed E-state index contributed by atoms with van der Waals surface area (Å²) >= 11 is 0. The number of hydrogen-bond donors (Lipinski definition) is 1. The van der Waals surface area contributed by atoms with E-state index in [1.54, 1.807) is 20.0 Å². The van der Waals surface area contributed by atoms with Crippen LogP contribution < -0.4 is 5.73 Å². The Morgan fingerprint density at radius 1 is 1.40 bits per heavy atom. The number of hydrogen-bond acceptors (Lipinski definition) is 2. The highest BCUT2D eigenvalue weighted by molar-refractivity contribution is 5.88. The normalized spacial score (nSPS) is 11.5. The van der Waals surface area contributed by atoms with Crippen LogP contribution in [0.2, 0.25) is 0 Å². The lowest BCUT2D eigenvalue weighted by Gasteiger charge is -2.05. The average Bonchev–Trinajstić information content (AvgIpc) is 2.41. The minimum absolute atomic E-state index is 0.0619. The fourth-order valence-electron chi connectivity index (χ4n) is 1.81. The van der Waals surface area contributed by atoms with Crippen molar-refractivity contribution in [1.82, 2.24) is 9.78 Å². The molecule has 1 aromatic carbocycles. The van der Waals surface area contributed by atoms with E-state index in [4.69, 9.17) is 5.73 Å². The van der Waals surface area contributed by atoms with Crippen molar-refractivity contribution in [3.05, 3.63) is 23.4 Å². The molecule has 3 nitrogen and oxygen atoms in total. The number of alkyl halides is 2. The van der Waals surface area contributed by atoms with Crippen molar-refractivity contribution < 1.29 is 8.78 Å². The van der Waals surface area contributed by atoms with Gasteiger partial charge in [-0.3, -0.25) is 4.68 Å². The van der Waals surface area contributed by atoms with Crippen molar-refractivity contribution in [2.75, 3.05) is 5.73 Å². The number of aromatic nitrogens is 2.